The topological polar surface area (TPSA) is 46.2 Å². The second-order valence-corrected chi connectivity index (χ2v) is 4.72. The molecule has 2 heteroatoms. The normalized spacial score (nSPS) is 30.0. The number of nitrogens with two attached hydrogens (primary N) is 1. The molecule has 1 rings (SSSR count). The number of aliphatic hydroxyl groups excluding tert-OH is 1. The molecule has 0 amide bonds. The third-order valence-corrected chi connectivity index (χ3v) is 3.76. The standard InChI is InChI=1S/C9H19NO/c1-8(2)7(6(11)5-10)9(8,3)4/h6-7,11H,5,10H2,1-4H3/t6-/m0/s1. The van der Waals surface area contributed by atoms with Crippen LogP contribution in [0.1, 0.15) is 27.7 Å². The number of rotatable bonds is 2. The maximum absolute atomic E-state index is 9.54. The van der Waals surface area contributed by atoms with Crippen LogP contribution in [0.5, 0.6) is 0 Å². The van der Waals surface area contributed by atoms with Gasteiger partial charge in [-0.1, -0.05) is 27.7 Å². The summed E-state index contributed by atoms with van der Waals surface area (Å²) >= 11 is 0. The van der Waals surface area contributed by atoms with Crippen LogP contribution in [0, 0.1) is 16.7 Å². The average molecular weight is 157 g/mol. The largest absolute Gasteiger partial charge is 0.391 e. The molecule has 1 aliphatic rings. The fourth-order valence-electron chi connectivity index (χ4n) is 2.35. The van der Waals surface area contributed by atoms with Crippen molar-refractivity contribution in [1.82, 2.24) is 0 Å². The van der Waals surface area contributed by atoms with Crippen molar-refractivity contribution in [2.45, 2.75) is 33.8 Å². The summed E-state index contributed by atoms with van der Waals surface area (Å²) in [6.45, 7) is 9.15. The highest BCUT2D eigenvalue weighted by Gasteiger charge is 2.66. The maximum atomic E-state index is 9.54. The van der Waals surface area contributed by atoms with Gasteiger partial charge in [0.05, 0.1) is 6.10 Å². The van der Waals surface area contributed by atoms with Crippen LogP contribution in [0.25, 0.3) is 0 Å². The Kier molecular flexibility index (Phi) is 1.81. The molecule has 0 bridgehead atoms. The molecule has 0 aliphatic heterocycles. The quantitative estimate of drug-likeness (QED) is 0.628. The van der Waals surface area contributed by atoms with Gasteiger partial charge in [-0.15, -0.1) is 0 Å². The Labute approximate surface area is 68.8 Å². The Morgan fingerprint density at radius 1 is 1.27 bits per heavy atom. The Morgan fingerprint density at radius 2 is 1.64 bits per heavy atom. The molecule has 1 atom stereocenters. The van der Waals surface area contributed by atoms with Crippen molar-refractivity contribution >= 4 is 0 Å². The molecular weight excluding hydrogens is 138 g/mol. The monoisotopic (exact) mass is 157 g/mol. The molecule has 3 N–H and O–H groups in total. The Morgan fingerprint density at radius 3 is 1.73 bits per heavy atom. The molecule has 0 aromatic carbocycles. The van der Waals surface area contributed by atoms with Crippen molar-refractivity contribution in [3.8, 4) is 0 Å². The molecule has 0 heterocycles. The molecule has 0 aromatic rings. The minimum Gasteiger partial charge on any atom is -0.391 e. The van der Waals surface area contributed by atoms with Gasteiger partial charge in [-0.05, 0) is 16.7 Å². The van der Waals surface area contributed by atoms with Crippen molar-refractivity contribution in [1.29, 1.82) is 0 Å². The van der Waals surface area contributed by atoms with Gasteiger partial charge in [0, 0.05) is 6.54 Å². The van der Waals surface area contributed by atoms with E-state index < -0.39 is 0 Å². The lowest BCUT2D eigenvalue weighted by Crippen LogP contribution is -2.24. The minimum absolute atomic E-state index is 0.256. The molecule has 11 heavy (non-hydrogen) atoms. The maximum Gasteiger partial charge on any atom is 0.0701 e. The first-order valence-corrected chi connectivity index (χ1v) is 4.24. The van der Waals surface area contributed by atoms with Crippen molar-refractivity contribution in [3.63, 3.8) is 0 Å². The fourth-order valence-corrected chi connectivity index (χ4v) is 2.35. The summed E-state index contributed by atoms with van der Waals surface area (Å²) in [4.78, 5) is 0. The van der Waals surface area contributed by atoms with E-state index in [2.05, 4.69) is 27.7 Å². The summed E-state index contributed by atoms with van der Waals surface area (Å²) < 4.78 is 0. The van der Waals surface area contributed by atoms with Gasteiger partial charge in [-0.25, -0.2) is 0 Å². The summed E-state index contributed by atoms with van der Waals surface area (Å²) in [5.41, 5.74) is 5.92. The van der Waals surface area contributed by atoms with Gasteiger partial charge in [0.25, 0.3) is 0 Å². The first-order chi connectivity index (χ1) is 4.85. The van der Waals surface area contributed by atoms with E-state index in [1.165, 1.54) is 0 Å². The summed E-state index contributed by atoms with van der Waals surface area (Å²) in [6.07, 6.45) is -0.319. The summed E-state index contributed by atoms with van der Waals surface area (Å²) in [7, 11) is 0. The molecule has 0 spiro atoms. The molecule has 1 saturated carbocycles. The predicted octanol–water partition coefficient (Wildman–Crippen LogP) is 0.988. The molecule has 0 saturated heterocycles. The third kappa shape index (κ3) is 1.00. The van der Waals surface area contributed by atoms with Crippen LogP contribution >= 0.6 is 0 Å². The highest BCUT2D eigenvalue weighted by atomic mass is 16.3. The number of hydrogen-bond donors (Lipinski definition) is 2. The Bertz CT molecular complexity index is 149. The number of aliphatic hydroxyl groups is 1. The highest BCUT2D eigenvalue weighted by molar-refractivity contribution is 5.14. The van der Waals surface area contributed by atoms with Crippen LogP contribution in [0.15, 0.2) is 0 Å². The van der Waals surface area contributed by atoms with Gasteiger partial charge in [-0.3, -0.25) is 0 Å². The van der Waals surface area contributed by atoms with Crippen LogP contribution in [0.4, 0.5) is 0 Å². The molecule has 2 nitrogen and oxygen atoms in total. The van der Waals surface area contributed by atoms with Crippen molar-refractivity contribution in [2.75, 3.05) is 6.54 Å². The van der Waals surface area contributed by atoms with Crippen LogP contribution < -0.4 is 5.73 Å². The van der Waals surface area contributed by atoms with Gasteiger partial charge in [0.1, 0.15) is 0 Å². The fraction of sp³-hybridized carbons (Fsp3) is 1.00. The lowest BCUT2D eigenvalue weighted by molar-refractivity contribution is 0.137. The molecule has 0 unspecified atom stereocenters. The zero-order valence-electron chi connectivity index (χ0n) is 7.89. The summed E-state index contributed by atoms with van der Waals surface area (Å²) in [5, 5.41) is 9.54. The van der Waals surface area contributed by atoms with E-state index in [1.807, 2.05) is 0 Å². The lowest BCUT2D eigenvalue weighted by Gasteiger charge is -2.08. The molecule has 0 aromatic heterocycles. The van der Waals surface area contributed by atoms with Crippen LogP contribution in [0.2, 0.25) is 0 Å². The molecular formula is C9H19NO. The first kappa shape index (κ1) is 9.01. The van der Waals surface area contributed by atoms with Crippen LogP contribution in [-0.2, 0) is 0 Å². The second-order valence-electron chi connectivity index (χ2n) is 4.72. The van der Waals surface area contributed by atoms with Crippen molar-refractivity contribution < 1.29 is 5.11 Å². The molecule has 1 fully saturated rings. The smallest absolute Gasteiger partial charge is 0.0701 e. The van der Waals surface area contributed by atoms with E-state index in [0.717, 1.165) is 0 Å². The third-order valence-electron chi connectivity index (χ3n) is 3.76. The van der Waals surface area contributed by atoms with Gasteiger partial charge >= 0.3 is 0 Å². The Hall–Kier alpha value is -0.0800. The zero-order chi connectivity index (χ0) is 8.86. The molecule has 1 aliphatic carbocycles. The minimum atomic E-state index is -0.319. The van der Waals surface area contributed by atoms with Gasteiger partial charge in [0.2, 0.25) is 0 Å². The van der Waals surface area contributed by atoms with E-state index in [-0.39, 0.29) is 16.9 Å². The van der Waals surface area contributed by atoms with Crippen molar-refractivity contribution in [3.05, 3.63) is 0 Å². The van der Waals surface area contributed by atoms with E-state index in [1.54, 1.807) is 0 Å². The predicted molar refractivity (Wildman–Crippen MR) is 46.1 cm³/mol. The molecule has 0 radical (unpaired) electrons. The van der Waals surface area contributed by atoms with Gasteiger partial charge < -0.3 is 10.8 Å². The average Bonchev–Trinajstić information content (AvgIpc) is 2.24. The van der Waals surface area contributed by atoms with Gasteiger partial charge in [-0.2, -0.15) is 0 Å². The highest BCUT2D eigenvalue weighted by Crippen LogP contribution is 2.69. The lowest BCUT2D eigenvalue weighted by atomic mass is 10.0. The zero-order valence-corrected chi connectivity index (χ0v) is 7.89. The van der Waals surface area contributed by atoms with E-state index in [9.17, 15) is 5.11 Å². The summed E-state index contributed by atoms with van der Waals surface area (Å²) in [6, 6.07) is 0. The Balaban J connectivity index is 2.67. The number of hydrogen-bond acceptors (Lipinski definition) is 2. The summed E-state index contributed by atoms with van der Waals surface area (Å²) in [5.74, 6) is 0.375. The van der Waals surface area contributed by atoms with E-state index in [4.69, 9.17) is 5.73 Å². The van der Waals surface area contributed by atoms with Crippen LogP contribution in [0.3, 0.4) is 0 Å². The molecule has 66 valence electrons. The van der Waals surface area contributed by atoms with E-state index in [0.29, 0.717) is 12.5 Å². The van der Waals surface area contributed by atoms with E-state index >= 15 is 0 Å². The second kappa shape index (κ2) is 2.20. The van der Waals surface area contributed by atoms with Crippen molar-refractivity contribution in [2.24, 2.45) is 22.5 Å². The SMILES string of the molecule is CC1(C)C([C@@H](O)CN)C1(C)C. The first-order valence-electron chi connectivity index (χ1n) is 4.24. The van der Waals surface area contributed by atoms with Crippen LogP contribution in [-0.4, -0.2) is 17.8 Å². The van der Waals surface area contributed by atoms with Gasteiger partial charge in [0.15, 0.2) is 0 Å².